The monoisotopic (exact) mass is 1320 g/mol. The van der Waals surface area contributed by atoms with E-state index in [0.717, 1.165) is 55.5 Å². The van der Waals surface area contributed by atoms with Crippen LogP contribution in [0.25, 0.3) is 21.5 Å². The zero-order chi connectivity index (χ0) is 67.0. The van der Waals surface area contributed by atoms with Crippen LogP contribution in [0.15, 0.2) is 121 Å². The molecule has 0 aromatic heterocycles. The van der Waals surface area contributed by atoms with Crippen LogP contribution in [0.5, 0.6) is 0 Å². The Hall–Kier alpha value is -5.95. The molecule has 20 atom stereocenters. The summed E-state index contributed by atoms with van der Waals surface area (Å²) in [5.41, 5.74) is 5.09. The lowest BCUT2D eigenvalue weighted by Crippen LogP contribution is -2.65. The Kier molecular flexibility index (Phi) is 21.2. The summed E-state index contributed by atoms with van der Waals surface area (Å²) in [7, 11) is 0. The zero-order valence-corrected chi connectivity index (χ0v) is 53.9. The fraction of sp³-hybridized carbons (Fsp3) is 0.563. The molecule has 18 rings (SSSR count). The van der Waals surface area contributed by atoms with Crippen LogP contribution in [0.1, 0.15) is 77.3 Å². The Morgan fingerprint density at radius 2 is 1.03 bits per heavy atom. The topological polar surface area (TPSA) is 341 Å². The molecule has 14 aliphatic heterocycles. The molecule has 12 fully saturated rings. The number of amides is 2. The summed E-state index contributed by atoms with van der Waals surface area (Å²) in [5.74, 6) is -0.635. The van der Waals surface area contributed by atoms with Gasteiger partial charge in [0.15, 0.2) is 24.8 Å². The lowest BCUT2D eigenvalue weighted by Gasteiger charge is -2.46. The molecule has 2 amide bonds. The first kappa shape index (κ1) is 69.0. The lowest BCUT2D eigenvalue weighted by atomic mass is 9.79. The van der Waals surface area contributed by atoms with Crippen molar-refractivity contribution in [2.24, 2.45) is 0 Å². The maximum absolute atomic E-state index is 14.0. The number of carbonyl (C=O) groups excluding carboxylic acids is 2. The van der Waals surface area contributed by atoms with Crippen molar-refractivity contribution in [1.29, 1.82) is 0 Å². The second kappa shape index (κ2) is 29.2. The highest BCUT2D eigenvalue weighted by molar-refractivity contribution is 6.07. The van der Waals surface area contributed by atoms with Crippen LogP contribution in [-0.2, 0) is 58.3 Å². The van der Waals surface area contributed by atoms with Crippen molar-refractivity contribution >= 4 is 50.4 Å². The third-order valence-corrected chi connectivity index (χ3v) is 20.3. The van der Waals surface area contributed by atoms with E-state index in [1.54, 1.807) is 0 Å². The fourth-order valence-corrected chi connectivity index (χ4v) is 15.3. The molecule has 24 heteroatoms. The van der Waals surface area contributed by atoms with E-state index >= 15 is 0 Å². The number of nitrogens with one attached hydrogen (secondary N) is 2. The van der Waals surface area contributed by atoms with E-state index in [1.807, 2.05) is 54.6 Å². The maximum atomic E-state index is 14.0. The van der Waals surface area contributed by atoms with Crippen LogP contribution in [-0.4, -0.2) is 248 Å². The van der Waals surface area contributed by atoms with Gasteiger partial charge < -0.3 is 104 Å². The van der Waals surface area contributed by atoms with Gasteiger partial charge >= 0.3 is 0 Å². The minimum atomic E-state index is -1.64. The minimum absolute atomic E-state index is 0.0504. The number of rotatable bonds is 16. The van der Waals surface area contributed by atoms with Crippen LogP contribution in [0, 0.1) is 0 Å². The first-order valence-electron chi connectivity index (χ1n) is 33.3. The lowest BCUT2D eigenvalue weighted by molar-refractivity contribution is -0.436. The van der Waals surface area contributed by atoms with Gasteiger partial charge in [0, 0.05) is 73.8 Å². The van der Waals surface area contributed by atoms with Crippen molar-refractivity contribution in [1.82, 2.24) is 10.6 Å². The molecule has 95 heavy (non-hydrogen) atoms. The van der Waals surface area contributed by atoms with Gasteiger partial charge in [-0.25, -0.2) is 0 Å². The molecule has 12 N–H and O–H groups in total. The van der Waals surface area contributed by atoms with Crippen molar-refractivity contribution in [3.05, 3.63) is 132 Å². The number of nitrogens with zero attached hydrogens (tertiary/aromatic N) is 2. The van der Waals surface area contributed by atoms with Gasteiger partial charge in [0.1, 0.15) is 97.7 Å². The van der Waals surface area contributed by atoms with Crippen molar-refractivity contribution in [2.45, 2.75) is 200 Å². The predicted octanol–water partition coefficient (Wildman–Crippen LogP) is 1.72. The number of hydrogen-bond donors (Lipinski definition) is 12. The first-order valence-corrected chi connectivity index (χ1v) is 33.3. The smallest absolute Gasteiger partial charge is 0.226 e. The average molecular weight is 1320 g/mol. The van der Waals surface area contributed by atoms with Gasteiger partial charge in [-0.3, -0.25) is 9.59 Å². The Balaban J connectivity index is 0.738. The van der Waals surface area contributed by atoms with Crippen LogP contribution in [0.3, 0.4) is 0 Å². The number of anilines is 1. The molecule has 0 spiro atoms. The summed E-state index contributed by atoms with van der Waals surface area (Å²) in [6.45, 7) is 8.08. The summed E-state index contributed by atoms with van der Waals surface area (Å²) in [6, 6.07) is 24.8. The highest BCUT2D eigenvalue weighted by atomic mass is 16.7. The van der Waals surface area contributed by atoms with Gasteiger partial charge in [-0.2, -0.15) is 4.58 Å². The van der Waals surface area contributed by atoms with E-state index in [-0.39, 0.29) is 63.8 Å². The van der Waals surface area contributed by atoms with Gasteiger partial charge in [-0.15, -0.1) is 0 Å². The first-order chi connectivity index (χ1) is 45.7. The molecular weight excluding hydrogens is 1230 g/mol. The van der Waals surface area contributed by atoms with Gasteiger partial charge in [-0.05, 0) is 84.8 Å². The van der Waals surface area contributed by atoms with Crippen molar-refractivity contribution in [3.8, 4) is 0 Å². The van der Waals surface area contributed by atoms with E-state index in [1.165, 1.54) is 0 Å². The van der Waals surface area contributed by atoms with Crippen molar-refractivity contribution < 1.29 is 103 Å². The quantitative estimate of drug-likeness (QED) is 0.0561. The van der Waals surface area contributed by atoms with E-state index in [2.05, 4.69) is 108 Å². The average Bonchev–Trinajstić information content (AvgIpc) is 1.58. The van der Waals surface area contributed by atoms with Gasteiger partial charge in [0.05, 0.1) is 37.3 Å². The summed E-state index contributed by atoms with van der Waals surface area (Å²) < 4.78 is 50.3. The molecule has 0 saturated carbocycles. The molecule has 0 radical (unpaired) electrons. The summed E-state index contributed by atoms with van der Waals surface area (Å²) in [4.78, 5) is 30.2. The highest BCUT2D eigenvalue weighted by Crippen LogP contribution is 2.51. The van der Waals surface area contributed by atoms with Gasteiger partial charge in [0.2, 0.25) is 17.5 Å². The fourth-order valence-electron chi connectivity index (χ4n) is 15.3. The number of aliphatic hydroxyl groups is 10. The Labute approximate surface area is 551 Å². The SMILES string of the molecule is CC1(C)C(/C=C/C=C/C=C/C=C2/N(CCC(=O)NC[C@H]3O[C@@H]4OC5[C@@H](CO)O[C@H](CCCO[C@H]3[C@H](O)[C@H]4O)[C@H](O)[C@H]5O)c3ccc4ccccc4c3C2(C)C)=[N+](CCC(=O)NC[C@H]2O[C@@H]3CCCO[C@H]4[C@H](O)[C@@H](O)C(O[C@H]2[C@H](O)[C@H]3O)O[C@@H]4CO)c2ccc3ccccc3c21. The Morgan fingerprint density at radius 3 is 1.65 bits per heavy atom. The third-order valence-electron chi connectivity index (χ3n) is 20.3. The van der Waals surface area contributed by atoms with Crippen LogP contribution < -0.4 is 15.5 Å². The van der Waals surface area contributed by atoms with E-state index < -0.39 is 146 Å². The van der Waals surface area contributed by atoms with E-state index in [4.69, 9.17) is 37.9 Å². The number of ether oxygens (including phenoxy) is 8. The molecule has 8 bridgehead atoms. The van der Waals surface area contributed by atoms with Crippen molar-refractivity contribution in [2.75, 3.05) is 57.5 Å². The summed E-state index contributed by atoms with van der Waals surface area (Å²) in [5, 5.41) is 120. The molecule has 514 valence electrons. The molecule has 4 aromatic carbocycles. The van der Waals surface area contributed by atoms with Gasteiger partial charge in [-0.1, -0.05) is 98.8 Å². The Bertz CT molecular complexity index is 3550. The third kappa shape index (κ3) is 13.7. The molecule has 4 aromatic rings. The molecule has 12 saturated heterocycles. The maximum Gasteiger partial charge on any atom is 0.226 e. The zero-order valence-electron chi connectivity index (χ0n) is 53.9. The number of hydrogen-bond acceptors (Lipinski definition) is 21. The van der Waals surface area contributed by atoms with Crippen molar-refractivity contribution in [3.63, 3.8) is 0 Å². The number of benzene rings is 4. The molecule has 14 aliphatic rings. The molecule has 2 unspecified atom stereocenters. The number of allylic oxidation sites excluding steroid dienone is 8. The Morgan fingerprint density at radius 1 is 0.537 bits per heavy atom. The second-order valence-corrected chi connectivity index (χ2v) is 27.0. The number of aliphatic hydroxyl groups excluding tert-OH is 10. The van der Waals surface area contributed by atoms with Gasteiger partial charge in [0.25, 0.3) is 0 Å². The normalized spacial score (nSPS) is 35.9. The summed E-state index contributed by atoms with van der Waals surface area (Å²) >= 11 is 0. The molecule has 0 aliphatic carbocycles. The highest BCUT2D eigenvalue weighted by Gasteiger charge is 2.54. The van der Waals surface area contributed by atoms with Crippen LogP contribution >= 0.6 is 0 Å². The number of carbonyl (C=O) groups is 2. The van der Waals surface area contributed by atoms with Crippen LogP contribution in [0.4, 0.5) is 11.4 Å². The minimum Gasteiger partial charge on any atom is -0.394 e. The summed E-state index contributed by atoms with van der Waals surface area (Å²) in [6.07, 6.45) is -10.4. The standard InChI is InChI=1S/C71H90N4O20/c1-70(2)50(74(42-26-24-38-16-10-12-18-40(38)54(42)70)30-28-52(78)72-34-46-64-60(84)62(86)68(92-46)95-67-49(37-77)91-45(21-15-32-88-64)57(81)59(67)83)22-8-6-5-7-9-23-51-71(3,4)55-41-19-13-11-17-39(41)25-27-43(55)75(51)31-29-53(79)73-35-47-66-58(82)56(80)44(90-47)20-14-33-89-65-48(36-76)93-69(94-66)63(87)61(65)85/h5-13,16-19,22-27,44-49,56-69,76-77,80-87H,14-15,20-21,28-37H2,1-4H3,(H-,72,73,78,79)/p+1/t44-,45-,46-,47-,48-,49-,56+,57+,58-,59-,60-,61-,62-,63-,64-,65-,66-,67?,68-,69?/m1/s1. The largest absolute Gasteiger partial charge is 0.394 e. The molecule has 24 nitrogen and oxygen atoms in total. The predicted molar refractivity (Wildman–Crippen MR) is 346 cm³/mol. The molecule has 14 heterocycles. The number of fused-ring (bicyclic) bond motifs is 6. The second-order valence-electron chi connectivity index (χ2n) is 27.0. The van der Waals surface area contributed by atoms with Crippen LogP contribution in [0.2, 0.25) is 0 Å². The van der Waals surface area contributed by atoms with E-state index in [0.29, 0.717) is 25.9 Å². The molecular formula is C71H91N4O20+. The van der Waals surface area contributed by atoms with E-state index in [9.17, 15) is 60.7 Å².